The third-order valence-electron chi connectivity index (χ3n) is 3.96. The van der Waals surface area contributed by atoms with Crippen molar-refractivity contribution in [3.8, 4) is 0 Å². The number of alkyl halides is 2. The van der Waals surface area contributed by atoms with E-state index in [0.29, 0.717) is 28.5 Å². The Hall–Kier alpha value is -1.25. The first-order valence-electron chi connectivity index (χ1n) is 8.34. The Morgan fingerprint density at radius 3 is 2.04 bits per heavy atom. The molecule has 0 aliphatic carbocycles. The van der Waals surface area contributed by atoms with Crippen molar-refractivity contribution < 1.29 is 14.6 Å². The number of nitrogens with zero attached hydrogens (tertiary/aromatic N) is 4. The number of non-ortho nitro benzene ring substituents is 1. The van der Waals surface area contributed by atoms with E-state index in [1.54, 1.807) is 16.7 Å². The van der Waals surface area contributed by atoms with E-state index in [9.17, 15) is 25.0 Å². The van der Waals surface area contributed by atoms with Gasteiger partial charge in [-0.05, 0) is 20.8 Å². The van der Waals surface area contributed by atoms with E-state index in [0.717, 1.165) is 12.1 Å². The zero-order valence-corrected chi connectivity index (χ0v) is 19.7. The van der Waals surface area contributed by atoms with Gasteiger partial charge in [0.25, 0.3) is 17.3 Å². The molecule has 0 saturated heterocycles. The molecule has 1 amide bonds. The first-order valence-corrected chi connectivity index (χ1v) is 11.4. The number of benzene rings is 1. The lowest BCUT2D eigenvalue weighted by molar-refractivity contribution is -0.393. The zero-order valence-electron chi connectivity index (χ0n) is 15.4. The highest BCUT2D eigenvalue weighted by atomic mass is 127. The maximum absolute atomic E-state index is 13.2. The predicted octanol–water partition coefficient (Wildman–Crippen LogP) is 4.05. The minimum Gasteiger partial charge on any atom is -0.364 e. The van der Waals surface area contributed by atoms with E-state index in [4.69, 9.17) is 0 Å². The zero-order chi connectivity index (χ0) is 20.7. The molecule has 0 unspecified atom stereocenters. The number of amides is 1. The number of nitro benzene ring substituents is 2. The molecule has 1 rings (SSSR count). The minimum absolute atomic E-state index is 0.00106. The summed E-state index contributed by atoms with van der Waals surface area (Å²) in [5, 5.41) is 23.0. The Morgan fingerprint density at radius 1 is 1.11 bits per heavy atom. The summed E-state index contributed by atoms with van der Waals surface area (Å²) in [5.74, 6) is -0.443. The molecule has 11 heteroatoms. The van der Waals surface area contributed by atoms with Crippen molar-refractivity contribution in [3.63, 3.8) is 0 Å². The summed E-state index contributed by atoms with van der Waals surface area (Å²) in [4.78, 5) is 38.1. The van der Waals surface area contributed by atoms with Crippen molar-refractivity contribution in [1.82, 2.24) is 4.90 Å². The molecule has 0 radical (unpaired) electrons. The number of carbonyl (C=O) groups excluding carboxylic acids is 1. The van der Waals surface area contributed by atoms with Gasteiger partial charge in [-0.25, -0.2) is 0 Å². The lowest BCUT2D eigenvalue weighted by Crippen LogP contribution is -2.38. The van der Waals surface area contributed by atoms with Crippen LogP contribution in [0.25, 0.3) is 0 Å². The van der Waals surface area contributed by atoms with E-state index in [1.807, 2.05) is 13.8 Å². The number of carbonyl (C=O) groups is 1. The highest BCUT2D eigenvalue weighted by Crippen LogP contribution is 2.37. The van der Waals surface area contributed by atoms with Crippen LogP contribution in [0.15, 0.2) is 12.1 Å². The average molecular weight is 604 g/mol. The van der Waals surface area contributed by atoms with Crippen LogP contribution in [-0.4, -0.2) is 55.2 Å². The highest BCUT2D eigenvalue weighted by Gasteiger charge is 2.32. The van der Waals surface area contributed by atoms with Gasteiger partial charge < -0.3 is 9.80 Å². The lowest BCUT2D eigenvalue weighted by Gasteiger charge is -2.29. The lowest BCUT2D eigenvalue weighted by atomic mass is 10.1. The molecular formula is C16H22I2N4O5. The summed E-state index contributed by atoms with van der Waals surface area (Å²) in [6.07, 6.45) is 0. The van der Waals surface area contributed by atoms with Crippen molar-refractivity contribution in [3.05, 3.63) is 37.9 Å². The van der Waals surface area contributed by atoms with Crippen molar-refractivity contribution in [2.45, 2.75) is 26.8 Å². The van der Waals surface area contributed by atoms with Crippen LogP contribution in [0.1, 0.15) is 31.1 Å². The number of nitro groups is 2. The van der Waals surface area contributed by atoms with Gasteiger partial charge >= 0.3 is 0 Å². The van der Waals surface area contributed by atoms with Crippen molar-refractivity contribution in [1.29, 1.82) is 0 Å². The molecule has 0 N–H and O–H groups in total. The van der Waals surface area contributed by atoms with Crippen LogP contribution < -0.4 is 4.90 Å². The van der Waals surface area contributed by atoms with Gasteiger partial charge in [0, 0.05) is 40.6 Å². The molecule has 0 aliphatic rings. The molecule has 27 heavy (non-hydrogen) atoms. The maximum atomic E-state index is 13.2. The van der Waals surface area contributed by atoms with Crippen LogP contribution >= 0.6 is 45.2 Å². The summed E-state index contributed by atoms with van der Waals surface area (Å²) in [7, 11) is 0. The highest BCUT2D eigenvalue weighted by molar-refractivity contribution is 14.1. The first-order chi connectivity index (χ1) is 12.7. The molecule has 0 spiro atoms. The Labute approximate surface area is 185 Å². The van der Waals surface area contributed by atoms with E-state index in [1.165, 1.54) is 0 Å². The largest absolute Gasteiger partial charge is 0.364 e. The van der Waals surface area contributed by atoms with Crippen LogP contribution in [0.3, 0.4) is 0 Å². The van der Waals surface area contributed by atoms with Crippen LogP contribution in [-0.2, 0) is 0 Å². The molecule has 0 fully saturated rings. The summed E-state index contributed by atoms with van der Waals surface area (Å²) >= 11 is 4.32. The fourth-order valence-corrected chi connectivity index (χ4v) is 3.95. The van der Waals surface area contributed by atoms with E-state index >= 15 is 0 Å². The van der Waals surface area contributed by atoms with Crippen molar-refractivity contribution in [2.24, 2.45) is 0 Å². The topological polar surface area (TPSA) is 110 Å². The standard InChI is InChI=1S/C16H22I2N4O5/c1-4-20(11(2)3)16(23)13-9-12(21(24)25)10-14(22(26)27)15(13)19(7-5-17)8-6-18/h9-11H,4-8H2,1-3H3. The fraction of sp³-hybridized carbons (Fsp3) is 0.562. The second kappa shape index (κ2) is 10.9. The van der Waals surface area contributed by atoms with Crippen LogP contribution in [0.2, 0.25) is 0 Å². The Balaban J connectivity index is 3.80. The van der Waals surface area contributed by atoms with E-state index in [-0.39, 0.29) is 17.3 Å². The predicted molar refractivity (Wildman–Crippen MR) is 122 cm³/mol. The van der Waals surface area contributed by atoms with Gasteiger partial charge in [0.2, 0.25) is 0 Å². The number of anilines is 1. The number of halogens is 2. The van der Waals surface area contributed by atoms with Gasteiger partial charge in [-0.15, -0.1) is 0 Å². The monoisotopic (exact) mass is 604 g/mol. The van der Waals surface area contributed by atoms with Gasteiger partial charge in [0.1, 0.15) is 5.69 Å². The van der Waals surface area contributed by atoms with Gasteiger partial charge in [-0.1, -0.05) is 45.2 Å². The first kappa shape index (κ1) is 23.8. The Morgan fingerprint density at radius 2 is 1.67 bits per heavy atom. The summed E-state index contributed by atoms with van der Waals surface area (Å²) in [5.41, 5.74) is -0.719. The number of hydrogen-bond acceptors (Lipinski definition) is 6. The minimum atomic E-state index is -0.708. The molecule has 0 bridgehead atoms. The summed E-state index contributed by atoms with van der Waals surface area (Å²) in [6, 6.07) is 1.95. The number of hydrogen-bond donors (Lipinski definition) is 0. The SMILES string of the molecule is CCN(C(=O)c1cc([N+](=O)[O-])cc([N+](=O)[O-])c1N(CCI)CCI)C(C)C. The maximum Gasteiger partial charge on any atom is 0.300 e. The quantitative estimate of drug-likeness (QED) is 0.173. The molecule has 0 heterocycles. The summed E-state index contributed by atoms with van der Waals surface area (Å²) in [6.45, 7) is 6.86. The van der Waals surface area contributed by atoms with E-state index < -0.39 is 27.1 Å². The fourth-order valence-electron chi connectivity index (χ4n) is 2.78. The molecule has 1 aromatic carbocycles. The van der Waals surface area contributed by atoms with Gasteiger partial charge in [-0.3, -0.25) is 25.0 Å². The van der Waals surface area contributed by atoms with Gasteiger partial charge in [-0.2, -0.15) is 0 Å². The Kier molecular flexibility index (Phi) is 9.62. The average Bonchev–Trinajstić information content (AvgIpc) is 2.60. The smallest absolute Gasteiger partial charge is 0.300 e. The summed E-state index contributed by atoms with van der Waals surface area (Å²) < 4.78 is 1.38. The molecule has 1 aromatic rings. The molecule has 0 saturated carbocycles. The molecular weight excluding hydrogens is 582 g/mol. The van der Waals surface area contributed by atoms with Gasteiger partial charge in [0.05, 0.1) is 21.5 Å². The molecule has 9 nitrogen and oxygen atoms in total. The third kappa shape index (κ3) is 5.86. The van der Waals surface area contributed by atoms with Crippen molar-refractivity contribution >= 4 is 68.2 Å². The molecule has 0 aromatic heterocycles. The second-order valence-electron chi connectivity index (χ2n) is 5.93. The van der Waals surface area contributed by atoms with Crippen LogP contribution in [0, 0.1) is 20.2 Å². The van der Waals surface area contributed by atoms with Crippen LogP contribution in [0.4, 0.5) is 17.1 Å². The second-order valence-corrected chi connectivity index (χ2v) is 8.08. The molecule has 0 atom stereocenters. The van der Waals surface area contributed by atoms with E-state index in [2.05, 4.69) is 45.2 Å². The van der Waals surface area contributed by atoms with Gasteiger partial charge in [0.15, 0.2) is 0 Å². The van der Waals surface area contributed by atoms with Crippen molar-refractivity contribution in [2.75, 3.05) is 33.4 Å². The molecule has 150 valence electrons. The number of rotatable bonds is 10. The van der Waals surface area contributed by atoms with Crippen LogP contribution in [0.5, 0.6) is 0 Å². The normalized spacial score (nSPS) is 10.7. The Bertz CT molecular complexity index is 708. The third-order valence-corrected chi connectivity index (χ3v) is 4.93. The molecule has 0 aliphatic heterocycles.